The van der Waals surface area contributed by atoms with Gasteiger partial charge in [-0.1, -0.05) is 23.8 Å². The predicted molar refractivity (Wildman–Crippen MR) is 92.5 cm³/mol. The van der Waals surface area contributed by atoms with E-state index in [1.807, 2.05) is 37.4 Å². The Kier molecular flexibility index (Phi) is 2.87. The van der Waals surface area contributed by atoms with Gasteiger partial charge in [-0.05, 0) is 31.2 Å². The number of thiazole rings is 1. The van der Waals surface area contributed by atoms with Crippen LogP contribution in [-0.4, -0.2) is 9.55 Å². The zero-order valence-electron chi connectivity index (χ0n) is 12.3. The Morgan fingerprint density at radius 1 is 1.09 bits per heavy atom. The molecule has 0 aliphatic carbocycles. The zero-order valence-corrected chi connectivity index (χ0v) is 13.1. The number of benzene rings is 2. The van der Waals surface area contributed by atoms with Crippen molar-refractivity contribution in [2.75, 3.05) is 0 Å². The van der Waals surface area contributed by atoms with Gasteiger partial charge < -0.3 is 4.57 Å². The van der Waals surface area contributed by atoms with Crippen molar-refractivity contribution in [1.82, 2.24) is 9.55 Å². The Hall–Kier alpha value is -2.46. The van der Waals surface area contributed by atoms with E-state index in [1.165, 1.54) is 5.56 Å². The lowest BCUT2D eigenvalue weighted by Gasteiger charge is -2.09. The van der Waals surface area contributed by atoms with E-state index in [0.29, 0.717) is 0 Å². The fraction of sp³-hybridized carbons (Fsp3) is 0.111. The maximum Gasteiger partial charge on any atom is 0.251 e. The number of nitrogens with zero attached hydrogens (tertiary/aromatic N) is 2. The van der Waals surface area contributed by atoms with Crippen LogP contribution in [0.1, 0.15) is 5.56 Å². The lowest BCUT2D eigenvalue weighted by Crippen LogP contribution is -2.16. The van der Waals surface area contributed by atoms with Crippen LogP contribution >= 0.6 is 11.3 Å². The lowest BCUT2D eigenvalue weighted by atomic mass is 10.1. The Morgan fingerprint density at radius 2 is 1.91 bits per heavy atom. The number of aryl methyl sites for hydroxylation is 2. The highest BCUT2D eigenvalue weighted by molar-refractivity contribution is 7.21. The minimum Gasteiger partial charge on any atom is -0.311 e. The van der Waals surface area contributed by atoms with Crippen LogP contribution in [0.15, 0.2) is 53.3 Å². The topological polar surface area (TPSA) is 34.9 Å². The van der Waals surface area contributed by atoms with Crippen molar-refractivity contribution < 1.29 is 0 Å². The van der Waals surface area contributed by atoms with E-state index in [9.17, 15) is 4.79 Å². The van der Waals surface area contributed by atoms with Crippen LogP contribution in [-0.2, 0) is 7.05 Å². The van der Waals surface area contributed by atoms with E-state index in [2.05, 4.69) is 19.1 Å². The molecule has 108 valence electrons. The van der Waals surface area contributed by atoms with Crippen molar-refractivity contribution in [1.29, 1.82) is 0 Å². The average Bonchev–Trinajstić information content (AvgIpc) is 2.94. The maximum absolute atomic E-state index is 12.3. The molecule has 4 rings (SSSR count). The molecule has 4 aromatic rings. The molecular weight excluding hydrogens is 292 g/mol. The first kappa shape index (κ1) is 13.2. The molecule has 4 heteroatoms. The number of pyridine rings is 1. The first-order chi connectivity index (χ1) is 10.6. The maximum atomic E-state index is 12.3. The second-order valence-electron chi connectivity index (χ2n) is 5.46. The van der Waals surface area contributed by atoms with E-state index in [4.69, 9.17) is 4.98 Å². The van der Waals surface area contributed by atoms with Crippen LogP contribution in [0.5, 0.6) is 0 Å². The molecule has 0 saturated carbocycles. The largest absolute Gasteiger partial charge is 0.311 e. The van der Waals surface area contributed by atoms with Crippen molar-refractivity contribution in [2.45, 2.75) is 6.92 Å². The van der Waals surface area contributed by atoms with Gasteiger partial charge in [0.25, 0.3) is 5.56 Å². The molecule has 0 amide bonds. The number of hydrogen-bond acceptors (Lipinski definition) is 3. The van der Waals surface area contributed by atoms with E-state index in [1.54, 1.807) is 22.0 Å². The van der Waals surface area contributed by atoms with Crippen LogP contribution in [0, 0.1) is 6.92 Å². The molecule has 0 fully saturated rings. The average molecular weight is 306 g/mol. The summed E-state index contributed by atoms with van der Waals surface area (Å²) in [7, 11) is 1.81. The summed E-state index contributed by atoms with van der Waals surface area (Å²) in [4.78, 5) is 17.0. The third kappa shape index (κ3) is 1.96. The quantitative estimate of drug-likeness (QED) is 0.530. The summed E-state index contributed by atoms with van der Waals surface area (Å²) in [5, 5.41) is 1.97. The minimum absolute atomic E-state index is 0.00870. The third-order valence-corrected chi connectivity index (χ3v) is 5.00. The van der Waals surface area contributed by atoms with Crippen LogP contribution in [0.25, 0.3) is 31.7 Å². The highest BCUT2D eigenvalue weighted by Crippen LogP contribution is 2.33. The monoisotopic (exact) mass is 306 g/mol. The highest BCUT2D eigenvalue weighted by Gasteiger charge is 2.12. The molecule has 22 heavy (non-hydrogen) atoms. The van der Waals surface area contributed by atoms with Crippen LogP contribution < -0.4 is 5.56 Å². The van der Waals surface area contributed by atoms with E-state index >= 15 is 0 Å². The fourth-order valence-corrected chi connectivity index (χ4v) is 3.74. The van der Waals surface area contributed by atoms with Gasteiger partial charge in [-0.3, -0.25) is 4.79 Å². The van der Waals surface area contributed by atoms with Crippen LogP contribution in [0.3, 0.4) is 0 Å². The molecule has 0 aliphatic heterocycles. The Morgan fingerprint density at radius 3 is 2.73 bits per heavy atom. The van der Waals surface area contributed by atoms with Gasteiger partial charge in [-0.2, -0.15) is 0 Å². The van der Waals surface area contributed by atoms with Gasteiger partial charge in [0.05, 0.1) is 15.7 Å². The summed E-state index contributed by atoms with van der Waals surface area (Å²) in [6.45, 7) is 2.06. The molecule has 0 bridgehead atoms. The van der Waals surface area contributed by atoms with Gasteiger partial charge in [0.15, 0.2) is 0 Å². The van der Waals surface area contributed by atoms with Crippen molar-refractivity contribution >= 4 is 32.5 Å². The smallest absolute Gasteiger partial charge is 0.251 e. The predicted octanol–water partition coefficient (Wildman–Crippen LogP) is 4.12. The van der Waals surface area contributed by atoms with Crippen LogP contribution in [0.2, 0.25) is 0 Å². The summed E-state index contributed by atoms with van der Waals surface area (Å²) in [5.41, 5.74) is 4.00. The van der Waals surface area contributed by atoms with Gasteiger partial charge >= 0.3 is 0 Å². The molecule has 2 heterocycles. The van der Waals surface area contributed by atoms with Crippen molar-refractivity contribution in [2.24, 2.45) is 7.05 Å². The van der Waals surface area contributed by atoms with E-state index < -0.39 is 0 Å². The molecule has 0 unspecified atom stereocenters. The standard InChI is InChI=1S/C18H14N2OS/c1-11-7-8-15-12(9-11)13(10-17(21)20(15)2)18-19-14-5-3-4-6-16(14)22-18/h3-10H,1-2H3. The Bertz CT molecular complexity index is 1040. The Balaban J connectivity index is 2.11. The van der Waals surface area contributed by atoms with Crippen molar-refractivity contribution in [3.05, 3.63) is 64.4 Å². The minimum atomic E-state index is -0.00870. The molecule has 3 nitrogen and oxygen atoms in total. The van der Waals surface area contributed by atoms with Gasteiger partial charge in [-0.25, -0.2) is 4.98 Å². The van der Waals surface area contributed by atoms with Crippen LogP contribution in [0.4, 0.5) is 0 Å². The number of fused-ring (bicyclic) bond motifs is 2. The molecule has 0 aliphatic rings. The van der Waals surface area contributed by atoms with Gasteiger partial charge in [0, 0.05) is 24.1 Å². The zero-order chi connectivity index (χ0) is 15.3. The molecule has 0 N–H and O–H groups in total. The fourth-order valence-electron chi connectivity index (χ4n) is 2.74. The lowest BCUT2D eigenvalue weighted by molar-refractivity contribution is 0.906. The molecule has 0 radical (unpaired) electrons. The van der Waals surface area contributed by atoms with E-state index in [0.717, 1.165) is 31.7 Å². The number of para-hydroxylation sites is 1. The molecule has 2 aromatic carbocycles. The summed E-state index contributed by atoms with van der Waals surface area (Å²) in [6.07, 6.45) is 0. The van der Waals surface area contributed by atoms with Crippen molar-refractivity contribution in [3.8, 4) is 10.6 Å². The first-order valence-electron chi connectivity index (χ1n) is 7.10. The van der Waals surface area contributed by atoms with Gasteiger partial charge in [-0.15, -0.1) is 11.3 Å². The first-order valence-corrected chi connectivity index (χ1v) is 7.91. The SMILES string of the molecule is Cc1ccc2c(c1)c(-c1nc3ccccc3s1)cc(=O)n2C. The van der Waals surface area contributed by atoms with E-state index in [-0.39, 0.29) is 5.56 Å². The number of aromatic nitrogens is 2. The molecular formula is C18H14N2OS. The normalized spacial score (nSPS) is 11.4. The van der Waals surface area contributed by atoms with Gasteiger partial charge in [0.2, 0.25) is 0 Å². The van der Waals surface area contributed by atoms with Gasteiger partial charge in [0.1, 0.15) is 5.01 Å². The number of hydrogen-bond donors (Lipinski definition) is 0. The molecule has 2 aromatic heterocycles. The molecule has 0 spiro atoms. The van der Waals surface area contributed by atoms with Crippen molar-refractivity contribution in [3.63, 3.8) is 0 Å². The number of rotatable bonds is 1. The Labute approximate surface area is 131 Å². The second kappa shape index (κ2) is 4.78. The summed E-state index contributed by atoms with van der Waals surface area (Å²) >= 11 is 1.63. The summed E-state index contributed by atoms with van der Waals surface area (Å²) in [6, 6.07) is 15.9. The molecule has 0 atom stereocenters. The highest BCUT2D eigenvalue weighted by atomic mass is 32.1. The second-order valence-corrected chi connectivity index (χ2v) is 6.49. The third-order valence-electron chi connectivity index (χ3n) is 3.93. The summed E-state index contributed by atoms with van der Waals surface area (Å²) < 4.78 is 2.82. The summed E-state index contributed by atoms with van der Waals surface area (Å²) in [5.74, 6) is 0. The molecule has 0 saturated heterocycles.